The van der Waals surface area contributed by atoms with Crippen molar-refractivity contribution in [3.05, 3.63) is 72.4 Å². The van der Waals surface area contributed by atoms with Gasteiger partial charge in [-0.2, -0.15) is 0 Å². The number of carbonyl (C=O) groups is 2. The zero-order chi connectivity index (χ0) is 33.0. The first-order chi connectivity index (χ1) is 23.2. The standard InChI is InChI=1S/C38H46N6O4/c1-25(2)41-13-15-42(16-14-41)36(45)28-9-12-32(39-24-28)27-7-10-31(11-8-27)43-17-18-44(34-6-4-3-5-33(34)43)48-37(46)40-35-29-19-26-20-30(35)23-38(47,21-26)22-29/h3-12,24-26,29-30,35,47H,13-23H2,1-2H3,(H,40,46)/t26?,29-,30+,35?,38?. The fraction of sp³-hybridized carbons (Fsp3) is 0.500. The Morgan fingerprint density at radius 2 is 1.58 bits per heavy atom. The predicted octanol–water partition coefficient (Wildman–Crippen LogP) is 5.45. The second kappa shape index (κ2) is 12.4. The molecule has 3 unspecified atom stereocenters. The van der Waals surface area contributed by atoms with E-state index in [0.29, 0.717) is 42.4 Å². The van der Waals surface area contributed by atoms with Crippen LogP contribution in [-0.4, -0.2) is 88.8 Å². The minimum atomic E-state index is -0.531. The molecule has 48 heavy (non-hydrogen) atoms. The van der Waals surface area contributed by atoms with Crippen LogP contribution in [0, 0.1) is 17.8 Å². The number of pyridine rings is 1. The lowest BCUT2D eigenvalue weighted by Gasteiger charge is -2.57. The van der Waals surface area contributed by atoms with Crippen LogP contribution >= 0.6 is 0 Å². The molecule has 2 aliphatic heterocycles. The Hall–Kier alpha value is -4.15. The third kappa shape index (κ3) is 5.89. The van der Waals surface area contributed by atoms with Gasteiger partial charge >= 0.3 is 6.09 Å². The number of para-hydroxylation sites is 2. The summed E-state index contributed by atoms with van der Waals surface area (Å²) in [7, 11) is 0. The first-order valence-corrected chi connectivity index (χ1v) is 17.7. The number of amides is 2. The summed E-state index contributed by atoms with van der Waals surface area (Å²) in [6.07, 6.45) is 5.93. The van der Waals surface area contributed by atoms with E-state index in [0.717, 1.165) is 86.6 Å². The number of hydrogen-bond donors (Lipinski definition) is 2. The smallest absolute Gasteiger partial charge is 0.390 e. The minimum Gasteiger partial charge on any atom is -0.390 e. The van der Waals surface area contributed by atoms with Crippen LogP contribution in [0.2, 0.25) is 0 Å². The zero-order valence-electron chi connectivity index (χ0n) is 27.9. The lowest BCUT2D eigenvalue weighted by molar-refractivity contribution is -0.137. The summed E-state index contributed by atoms with van der Waals surface area (Å²) in [5, 5.41) is 15.8. The lowest BCUT2D eigenvalue weighted by atomic mass is 9.52. The SMILES string of the molecule is CC(C)N1CCN(C(=O)c2ccc(-c3ccc(N4CCN(OC(=O)NC5[C@@H]6CC7C[C@H]5CC(O)(C7)C6)c5ccccc54)cc3)nc2)CC1. The molecule has 1 aromatic heterocycles. The second-order valence-electron chi connectivity index (χ2n) is 14.9. The van der Waals surface area contributed by atoms with E-state index in [1.807, 2.05) is 35.2 Å². The Morgan fingerprint density at radius 3 is 2.23 bits per heavy atom. The number of benzene rings is 2. The van der Waals surface area contributed by atoms with Gasteiger partial charge in [0.05, 0.1) is 34.8 Å². The number of hydrogen-bond acceptors (Lipinski definition) is 8. The average molecular weight is 651 g/mol. The number of nitrogens with one attached hydrogen (secondary N) is 1. The van der Waals surface area contributed by atoms with E-state index in [1.165, 1.54) is 0 Å². The molecule has 10 heteroatoms. The van der Waals surface area contributed by atoms with Crippen LogP contribution in [0.25, 0.3) is 11.3 Å². The van der Waals surface area contributed by atoms with Crippen LogP contribution in [0.15, 0.2) is 66.9 Å². The number of nitrogens with zero attached hydrogens (tertiary/aromatic N) is 5. The first-order valence-electron chi connectivity index (χ1n) is 17.7. The Kier molecular flexibility index (Phi) is 8.03. The molecule has 1 saturated heterocycles. The fourth-order valence-corrected chi connectivity index (χ4v) is 9.30. The maximum absolute atomic E-state index is 13.2. The van der Waals surface area contributed by atoms with Gasteiger partial charge in [-0.25, -0.2) is 9.86 Å². The van der Waals surface area contributed by atoms with Gasteiger partial charge in [0.15, 0.2) is 0 Å². The van der Waals surface area contributed by atoms with E-state index < -0.39 is 11.7 Å². The molecule has 3 aromatic rings. The van der Waals surface area contributed by atoms with Crippen molar-refractivity contribution in [2.75, 3.05) is 49.2 Å². The number of carbonyl (C=O) groups excluding carboxylic acids is 2. The molecule has 2 amide bonds. The van der Waals surface area contributed by atoms with Crippen molar-refractivity contribution < 1.29 is 19.5 Å². The molecular weight excluding hydrogens is 604 g/mol. The Bertz CT molecular complexity index is 1640. The Labute approximate surface area is 282 Å². The van der Waals surface area contributed by atoms with E-state index in [4.69, 9.17) is 4.84 Å². The van der Waals surface area contributed by atoms with Gasteiger partial charge in [-0.15, -0.1) is 0 Å². The minimum absolute atomic E-state index is 0.0412. The van der Waals surface area contributed by atoms with Gasteiger partial charge in [0.1, 0.15) is 0 Å². The van der Waals surface area contributed by atoms with Gasteiger partial charge < -0.3 is 25.1 Å². The van der Waals surface area contributed by atoms with E-state index >= 15 is 0 Å². The number of rotatable bonds is 6. The summed E-state index contributed by atoms with van der Waals surface area (Å²) in [5.74, 6) is 1.28. The van der Waals surface area contributed by atoms with Crippen LogP contribution in [0.4, 0.5) is 21.9 Å². The van der Waals surface area contributed by atoms with Crippen molar-refractivity contribution in [1.82, 2.24) is 20.1 Å². The molecule has 6 aliphatic rings. The number of piperazine rings is 1. The molecule has 4 saturated carbocycles. The molecule has 3 heterocycles. The van der Waals surface area contributed by atoms with Crippen molar-refractivity contribution in [2.24, 2.45) is 17.8 Å². The highest BCUT2D eigenvalue weighted by molar-refractivity contribution is 5.94. The van der Waals surface area contributed by atoms with Crippen LogP contribution < -0.4 is 15.3 Å². The summed E-state index contributed by atoms with van der Waals surface area (Å²) in [6.45, 7) is 8.84. The summed E-state index contributed by atoms with van der Waals surface area (Å²) in [5.41, 5.74) is 4.74. The van der Waals surface area contributed by atoms with Gasteiger partial charge in [0.25, 0.3) is 5.91 Å². The Balaban J connectivity index is 0.907. The molecule has 2 aromatic carbocycles. The van der Waals surface area contributed by atoms with Crippen LogP contribution in [0.1, 0.15) is 56.3 Å². The third-order valence-corrected chi connectivity index (χ3v) is 11.5. The highest BCUT2D eigenvalue weighted by Gasteiger charge is 2.55. The number of aromatic nitrogens is 1. The Morgan fingerprint density at radius 1 is 0.875 bits per heavy atom. The summed E-state index contributed by atoms with van der Waals surface area (Å²) in [4.78, 5) is 43.5. The summed E-state index contributed by atoms with van der Waals surface area (Å²) < 4.78 is 0. The van der Waals surface area contributed by atoms with Gasteiger partial charge in [0.2, 0.25) is 0 Å². The first kappa shape index (κ1) is 31.1. The molecule has 2 N–H and O–H groups in total. The number of hydroxylamine groups is 1. The fourth-order valence-electron chi connectivity index (χ4n) is 9.30. The largest absolute Gasteiger partial charge is 0.431 e. The summed E-state index contributed by atoms with van der Waals surface area (Å²) >= 11 is 0. The van der Waals surface area contributed by atoms with E-state index in [1.54, 1.807) is 11.3 Å². The van der Waals surface area contributed by atoms with Crippen molar-refractivity contribution in [1.29, 1.82) is 0 Å². The lowest BCUT2D eigenvalue weighted by Crippen LogP contribution is -2.62. The zero-order valence-corrected chi connectivity index (χ0v) is 27.9. The normalized spacial score (nSPS) is 28.0. The quantitative estimate of drug-likeness (QED) is 0.363. The molecule has 10 nitrogen and oxygen atoms in total. The summed E-state index contributed by atoms with van der Waals surface area (Å²) in [6, 6.07) is 20.7. The molecule has 5 atom stereocenters. The van der Waals surface area contributed by atoms with Crippen LogP contribution in [-0.2, 0) is 4.84 Å². The molecule has 0 spiro atoms. The molecular formula is C38H46N6O4. The van der Waals surface area contributed by atoms with Gasteiger partial charge in [-0.1, -0.05) is 24.3 Å². The topological polar surface area (TPSA) is 101 Å². The van der Waals surface area contributed by atoms with Crippen LogP contribution in [0.3, 0.4) is 0 Å². The van der Waals surface area contributed by atoms with Crippen molar-refractivity contribution in [3.63, 3.8) is 0 Å². The van der Waals surface area contributed by atoms with Gasteiger partial charge in [0, 0.05) is 62.3 Å². The molecule has 5 fully saturated rings. The highest BCUT2D eigenvalue weighted by atomic mass is 16.7. The van der Waals surface area contributed by atoms with Crippen LogP contribution in [0.5, 0.6) is 0 Å². The molecule has 9 rings (SSSR count). The van der Waals surface area contributed by atoms with E-state index in [2.05, 4.69) is 64.3 Å². The molecule has 0 radical (unpaired) electrons. The third-order valence-electron chi connectivity index (χ3n) is 11.5. The molecule has 252 valence electrons. The number of anilines is 3. The monoisotopic (exact) mass is 650 g/mol. The van der Waals surface area contributed by atoms with E-state index in [9.17, 15) is 14.7 Å². The predicted molar refractivity (Wildman–Crippen MR) is 185 cm³/mol. The average Bonchev–Trinajstić information content (AvgIpc) is 3.09. The van der Waals surface area contributed by atoms with Gasteiger partial charge in [-0.3, -0.25) is 14.7 Å². The molecule has 4 bridgehead atoms. The maximum Gasteiger partial charge on any atom is 0.431 e. The van der Waals surface area contributed by atoms with Gasteiger partial charge in [-0.05, 0) is 100 Å². The number of fused-ring (bicyclic) bond motifs is 1. The van der Waals surface area contributed by atoms with Crippen molar-refractivity contribution in [2.45, 2.75) is 63.6 Å². The maximum atomic E-state index is 13.2. The second-order valence-corrected chi connectivity index (χ2v) is 14.9. The van der Waals surface area contributed by atoms with Crippen molar-refractivity contribution in [3.8, 4) is 11.3 Å². The highest BCUT2D eigenvalue weighted by Crippen LogP contribution is 2.55. The van der Waals surface area contributed by atoms with E-state index in [-0.39, 0.29) is 11.9 Å². The number of aliphatic hydroxyl groups is 1. The van der Waals surface area contributed by atoms with Crippen molar-refractivity contribution >= 4 is 29.1 Å². The molecule has 4 aliphatic carbocycles.